The van der Waals surface area contributed by atoms with Gasteiger partial charge in [0.2, 0.25) is 5.82 Å². The summed E-state index contributed by atoms with van der Waals surface area (Å²) in [6.07, 6.45) is 11.6. The standard InChI is InChI=1S/C23H25BrN2O/c1-2-3-4-5-6-7-18-8-10-19(11-9-18)12-17-22-25-23(26-27-22)20-13-15-21(24)16-14-20/h8-17H,2-7H2,1H3/b17-12+. The van der Waals surface area contributed by atoms with Crippen LogP contribution in [0.3, 0.4) is 0 Å². The van der Waals surface area contributed by atoms with Crippen LogP contribution in [-0.4, -0.2) is 10.1 Å². The van der Waals surface area contributed by atoms with Crippen LogP contribution in [0.15, 0.2) is 57.5 Å². The molecule has 0 spiro atoms. The molecular weight excluding hydrogens is 400 g/mol. The molecule has 0 amide bonds. The highest BCUT2D eigenvalue weighted by atomic mass is 79.9. The Balaban J connectivity index is 1.54. The molecule has 27 heavy (non-hydrogen) atoms. The molecule has 3 aromatic rings. The van der Waals surface area contributed by atoms with Gasteiger partial charge in [-0.05, 0) is 54.3 Å². The molecule has 3 rings (SSSR count). The topological polar surface area (TPSA) is 38.9 Å². The van der Waals surface area contributed by atoms with Crippen molar-refractivity contribution in [3.8, 4) is 11.4 Å². The minimum absolute atomic E-state index is 0.507. The third-order valence-electron chi connectivity index (χ3n) is 4.51. The van der Waals surface area contributed by atoms with E-state index in [-0.39, 0.29) is 0 Å². The summed E-state index contributed by atoms with van der Waals surface area (Å²) in [7, 11) is 0. The van der Waals surface area contributed by atoms with E-state index in [9.17, 15) is 0 Å². The molecule has 4 heteroatoms. The average Bonchev–Trinajstić information content (AvgIpc) is 3.17. The van der Waals surface area contributed by atoms with Gasteiger partial charge in [-0.25, -0.2) is 0 Å². The van der Waals surface area contributed by atoms with Crippen molar-refractivity contribution in [3.05, 3.63) is 70.0 Å². The molecule has 0 fully saturated rings. The van der Waals surface area contributed by atoms with Gasteiger partial charge in [-0.3, -0.25) is 0 Å². The van der Waals surface area contributed by atoms with Crippen molar-refractivity contribution >= 4 is 28.1 Å². The number of aromatic nitrogens is 2. The molecule has 3 nitrogen and oxygen atoms in total. The largest absolute Gasteiger partial charge is 0.334 e. The van der Waals surface area contributed by atoms with Crippen molar-refractivity contribution in [2.75, 3.05) is 0 Å². The van der Waals surface area contributed by atoms with Gasteiger partial charge in [0.1, 0.15) is 0 Å². The monoisotopic (exact) mass is 424 g/mol. The number of halogens is 1. The van der Waals surface area contributed by atoms with E-state index in [1.165, 1.54) is 37.7 Å². The fourth-order valence-electron chi connectivity index (χ4n) is 2.91. The molecule has 1 aromatic heterocycles. The van der Waals surface area contributed by atoms with Crippen molar-refractivity contribution in [3.63, 3.8) is 0 Å². The number of hydrogen-bond donors (Lipinski definition) is 0. The van der Waals surface area contributed by atoms with Gasteiger partial charge in [-0.2, -0.15) is 4.98 Å². The first-order chi connectivity index (χ1) is 13.2. The predicted octanol–water partition coefficient (Wildman–Crippen LogP) is 7.18. The fraction of sp³-hybridized carbons (Fsp3) is 0.304. The van der Waals surface area contributed by atoms with E-state index < -0.39 is 0 Å². The number of benzene rings is 2. The highest BCUT2D eigenvalue weighted by Crippen LogP contribution is 2.20. The summed E-state index contributed by atoms with van der Waals surface area (Å²) in [5.74, 6) is 1.11. The lowest BCUT2D eigenvalue weighted by Crippen LogP contribution is -1.86. The highest BCUT2D eigenvalue weighted by Gasteiger charge is 2.06. The van der Waals surface area contributed by atoms with Crippen molar-refractivity contribution in [2.24, 2.45) is 0 Å². The van der Waals surface area contributed by atoms with Crippen LogP contribution in [0.25, 0.3) is 23.5 Å². The SMILES string of the molecule is CCCCCCCc1ccc(/C=C/c2nc(-c3ccc(Br)cc3)no2)cc1. The zero-order valence-corrected chi connectivity index (χ0v) is 17.3. The van der Waals surface area contributed by atoms with Gasteiger partial charge in [0.15, 0.2) is 0 Å². The molecular formula is C23H25BrN2O. The number of rotatable bonds is 9. The summed E-state index contributed by atoms with van der Waals surface area (Å²) < 4.78 is 6.35. The zero-order valence-electron chi connectivity index (χ0n) is 15.7. The number of unbranched alkanes of at least 4 members (excludes halogenated alkanes) is 4. The minimum Gasteiger partial charge on any atom is -0.334 e. The van der Waals surface area contributed by atoms with Crippen LogP contribution in [0.5, 0.6) is 0 Å². The molecule has 0 N–H and O–H groups in total. The van der Waals surface area contributed by atoms with Crippen LogP contribution >= 0.6 is 15.9 Å². The Labute approximate surface area is 169 Å². The summed E-state index contributed by atoms with van der Waals surface area (Å²) in [6.45, 7) is 2.25. The van der Waals surface area contributed by atoms with Crippen molar-refractivity contribution in [2.45, 2.75) is 45.4 Å². The maximum absolute atomic E-state index is 5.32. The molecule has 0 atom stereocenters. The summed E-state index contributed by atoms with van der Waals surface area (Å²) in [5.41, 5.74) is 3.47. The Morgan fingerprint density at radius 2 is 1.63 bits per heavy atom. The van der Waals surface area contributed by atoms with E-state index in [2.05, 4.69) is 57.3 Å². The first kappa shape index (κ1) is 19.6. The summed E-state index contributed by atoms with van der Waals surface area (Å²) >= 11 is 3.43. The Hall–Kier alpha value is -2.20. The molecule has 0 saturated heterocycles. The van der Waals surface area contributed by atoms with Gasteiger partial charge in [0.25, 0.3) is 5.89 Å². The van der Waals surface area contributed by atoms with E-state index in [4.69, 9.17) is 4.52 Å². The van der Waals surface area contributed by atoms with E-state index in [1.54, 1.807) is 0 Å². The number of aryl methyl sites for hydroxylation is 1. The Morgan fingerprint density at radius 3 is 2.37 bits per heavy atom. The van der Waals surface area contributed by atoms with Gasteiger partial charge in [0, 0.05) is 16.1 Å². The second kappa shape index (κ2) is 10.2. The normalized spacial score (nSPS) is 11.3. The third kappa shape index (κ3) is 6.17. The zero-order chi connectivity index (χ0) is 18.9. The van der Waals surface area contributed by atoms with Crippen LogP contribution in [-0.2, 0) is 6.42 Å². The van der Waals surface area contributed by atoms with Gasteiger partial charge in [0.05, 0.1) is 0 Å². The summed E-state index contributed by atoms with van der Waals surface area (Å²) in [6, 6.07) is 16.6. The molecule has 0 radical (unpaired) electrons. The van der Waals surface area contributed by atoms with E-state index in [1.807, 2.05) is 36.4 Å². The van der Waals surface area contributed by atoms with Gasteiger partial charge in [-0.1, -0.05) is 78.0 Å². The molecule has 0 bridgehead atoms. The van der Waals surface area contributed by atoms with Crippen LogP contribution in [0.2, 0.25) is 0 Å². The van der Waals surface area contributed by atoms with E-state index in [0.717, 1.165) is 22.0 Å². The van der Waals surface area contributed by atoms with Crippen LogP contribution in [0.4, 0.5) is 0 Å². The molecule has 0 unspecified atom stereocenters. The number of nitrogens with zero attached hydrogens (tertiary/aromatic N) is 2. The first-order valence-corrected chi connectivity index (χ1v) is 10.4. The van der Waals surface area contributed by atoms with Gasteiger partial charge < -0.3 is 4.52 Å². The molecule has 2 aromatic carbocycles. The lowest BCUT2D eigenvalue weighted by molar-refractivity contribution is 0.411. The van der Waals surface area contributed by atoms with Crippen molar-refractivity contribution in [1.29, 1.82) is 0 Å². The predicted molar refractivity (Wildman–Crippen MR) is 115 cm³/mol. The van der Waals surface area contributed by atoms with Crippen LogP contribution in [0.1, 0.15) is 56.0 Å². The Bertz CT molecular complexity index is 851. The van der Waals surface area contributed by atoms with Gasteiger partial charge in [-0.15, -0.1) is 0 Å². The van der Waals surface area contributed by atoms with E-state index in [0.29, 0.717) is 11.7 Å². The van der Waals surface area contributed by atoms with Crippen LogP contribution in [0, 0.1) is 0 Å². The molecule has 140 valence electrons. The smallest absolute Gasteiger partial charge is 0.250 e. The minimum atomic E-state index is 0.507. The van der Waals surface area contributed by atoms with Gasteiger partial charge >= 0.3 is 0 Å². The average molecular weight is 425 g/mol. The quantitative estimate of drug-likeness (QED) is 0.341. The van der Waals surface area contributed by atoms with Crippen LogP contribution < -0.4 is 0 Å². The molecule has 0 aliphatic carbocycles. The van der Waals surface area contributed by atoms with Crippen molar-refractivity contribution in [1.82, 2.24) is 10.1 Å². The number of hydrogen-bond acceptors (Lipinski definition) is 3. The van der Waals surface area contributed by atoms with E-state index >= 15 is 0 Å². The summed E-state index contributed by atoms with van der Waals surface area (Å²) in [4.78, 5) is 4.43. The fourth-order valence-corrected chi connectivity index (χ4v) is 3.18. The Kier molecular flexibility index (Phi) is 7.40. The third-order valence-corrected chi connectivity index (χ3v) is 5.04. The molecule has 0 saturated carbocycles. The lowest BCUT2D eigenvalue weighted by atomic mass is 10.0. The lowest BCUT2D eigenvalue weighted by Gasteiger charge is -2.02. The summed E-state index contributed by atoms with van der Waals surface area (Å²) in [5, 5.41) is 4.04. The molecule has 0 aliphatic heterocycles. The maximum Gasteiger partial charge on any atom is 0.250 e. The van der Waals surface area contributed by atoms with Crippen molar-refractivity contribution < 1.29 is 4.52 Å². The maximum atomic E-state index is 5.32. The first-order valence-electron chi connectivity index (χ1n) is 9.61. The molecule has 1 heterocycles. The highest BCUT2D eigenvalue weighted by molar-refractivity contribution is 9.10. The second-order valence-electron chi connectivity index (χ2n) is 6.70. The molecule has 0 aliphatic rings. The Morgan fingerprint density at radius 1 is 0.889 bits per heavy atom. The second-order valence-corrected chi connectivity index (χ2v) is 7.62.